The number of hydrogen-bond donors (Lipinski definition) is 1. The van der Waals surface area contributed by atoms with Gasteiger partial charge in [-0.25, -0.2) is 4.79 Å². The van der Waals surface area contributed by atoms with Crippen molar-refractivity contribution in [1.82, 2.24) is 0 Å². The average Bonchev–Trinajstić information content (AvgIpc) is 2.61. The van der Waals surface area contributed by atoms with E-state index >= 15 is 0 Å². The fourth-order valence-corrected chi connectivity index (χ4v) is 3.41. The van der Waals surface area contributed by atoms with E-state index in [1.165, 1.54) is 0 Å². The number of carbonyl (C=O) groups is 2. The van der Waals surface area contributed by atoms with Gasteiger partial charge in [-0.15, -0.1) is 0 Å². The molecule has 5 heteroatoms. The molecule has 0 fully saturated rings. The molecule has 25 heavy (non-hydrogen) atoms. The van der Waals surface area contributed by atoms with Crippen molar-refractivity contribution in [2.45, 2.75) is 12.5 Å². The Labute approximate surface area is 152 Å². The summed E-state index contributed by atoms with van der Waals surface area (Å²) in [6.45, 7) is 0. The lowest BCUT2D eigenvalue weighted by Crippen LogP contribution is -2.38. The number of anilines is 1. The molecular formula is C20H14BrNO3. The Balaban J connectivity index is 1.55. The molecule has 1 aliphatic heterocycles. The molecule has 0 spiro atoms. The van der Waals surface area contributed by atoms with Crippen LogP contribution in [0.3, 0.4) is 0 Å². The molecule has 0 aliphatic carbocycles. The molecule has 1 atom stereocenters. The summed E-state index contributed by atoms with van der Waals surface area (Å²) in [6, 6.07) is 19.0. The second kappa shape index (κ2) is 6.33. The number of cyclic esters (lactones) is 1. The van der Waals surface area contributed by atoms with Gasteiger partial charge >= 0.3 is 5.97 Å². The summed E-state index contributed by atoms with van der Waals surface area (Å²) in [5, 5.41) is 4.98. The molecule has 0 bridgehead atoms. The molecule has 4 nitrogen and oxygen atoms in total. The molecule has 3 aromatic carbocycles. The van der Waals surface area contributed by atoms with Crippen LogP contribution in [0.4, 0.5) is 5.69 Å². The van der Waals surface area contributed by atoms with E-state index in [9.17, 15) is 9.59 Å². The Hall–Kier alpha value is -2.66. The van der Waals surface area contributed by atoms with Crippen molar-refractivity contribution in [3.8, 4) is 0 Å². The number of amides is 1. The lowest BCUT2D eigenvalue weighted by Gasteiger charge is -2.24. The van der Waals surface area contributed by atoms with Gasteiger partial charge in [0.15, 0.2) is 6.10 Å². The highest BCUT2D eigenvalue weighted by Crippen LogP contribution is 2.25. The Bertz CT molecular complexity index is 999. The van der Waals surface area contributed by atoms with Crippen molar-refractivity contribution in [2.75, 3.05) is 5.32 Å². The molecular weight excluding hydrogens is 382 g/mol. The van der Waals surface area contributed by atoms with Gasteiger partial charge < -0.3 is 10.1 Å². The SMILES string of the molecule is O=C1OC(C(=O)Nc2ccc3ccccc3c2)Cc2cc(Br)ccc21. The summed E-state index contributed by atoms with van der Waals surface area (Å²) >= 11 is 3.39. The van der Waals surface area contributed by atoms with E-state index in [0.29, 0.717) is 17.7 Å². The first-order valence-electron chi connectivity index (χ1n) is 7.89. The summed E-state index contributed by atoms with van der Waals surface area (Å²) in [5.41, 5.74) is 2.00. The number of fused-ring (bicyclic) bond motifs is 2. The molecule has 1 aliphatic rings. The van der Waals surface area contributed by atoms with Crippen LogP contribution in [0.15, 0.2) is 65.1 Å². The molecule has 0 saturated carbocycles. The third-order valence-corrected chi connectivity index (χ3v) is 4.74. The molecule has 4 rings (SSSR count). The van der Waals surface area contributed by atoms with E-state index in [2.05, 4.69) is 21.2 Å². The molecule has 1 unspecified atom stereocenters. The molecule has 1 heterocycles. The van der Waals surface area contributed by atoms with Crippen LogP contribution in [0.5, 0.6) is 0 Å². The fraction of sp³-hybridized carbons (Fsp3) is 0.100. The number of benzene rings is 3. The number of hydrogen-bond acceptors (Lipinski definition) is 3. The quantitative estimate of drug-likeness (QED) is 0.657. The monoisotopic (exact) mass is 395 g/mol. The molecule has 1 N–H and O–H groups in total. The van der Waals surface area contributed by atoms with Crippen LogP contribution in [-0.2, 0) is 16.0 Å². The van der Waals surface area contributed by atoms with Crippen LogP contribution < -0.4 is 5.32 Å². The zero-order valence-electron chi connectivity index (χ0n) is 13.2. The maximum atomic E-state index is 12.5. The minimum Gasteiger partial charge on any atom is -0.448 e. The molecule has 0 saturated heterocycles. The lowest BCUT2D eigenvalue weighted by molar-refractivity contribution is -0.125. The molecule has 0 aromatic heterocycles. The lowest BCUT2D eigenvalue weighted by atomic mass is 9.98. The van der Waals surface area contributed by atoms with Crippen LogP contribution in [0.2, 0.25) is 0 Å². The second-order valence-electron chi connectivity index (χ2n) is 5.95. The van der Waals surface area contributed by atoms with E-state index in [0.717, 1.165) is 20.8 Å². The van der Waals surface area contributed by atoms with Gasteiger partial charge in [0.25, 0.3) is 5.91 Å². The smallest absolute Gasteiger partial charge is 0.339 e. The van der Waals surface area contributed by atoms with Crippen LogP contribution in [0.25, 0.3) is 10.8 Å². The fourth-order valence-electron chi connectivity index (χ4n) is 3.00. The molecule has 124 valence electrons. The van der Waals surface area contributed by atoms with Crippen LogP contribution in [-0.4, -0.2) is 18.0 Å². The van der Waals surface area contributed by atoms with E-state index in [1.54, 1.807) is 12.1 Å². The van der Waals surface area contributed by atoms with Crippen molar-refractivity contribution < 1.29 is 14.3 Å². The predicted octanol–water partition coefficient (Wildman–Crippen LogP) is 4.32. The summed E-state index contributed by atoms with van der Waals surface area (Å²) in [6.07, 6.45) is -0.472. The Morgan fingerprint density at radius 1 is 1.04 bits per heavy atom. The predicted molar refractivity (Wildman–Crippen MR) is 99.6 cm³/mol. The highest BCUT2D eigenvalue weighted by molar-refractivity contribution is 9.10. The van der Waals surface area contributed by atoms with E-state index in [-0.39, 0.29) is 5.91 Å². The summed E-state index contributed by atoms with van der Waals surface area (Å²) in [7, 11) is 0. The topological polar surface area (TPSA) is 55.4 Å². The third kappa shape index (κ3) is 3.15. The normalized spacial score (nSPS) is 16.2. The minimum atomic E-state index is -0.833. The van der Waals surface area contributed by atoms with Gasteiger partial charge in [-0.3, -0.25) is 4.79 Å². The van der Waals surface area contributed by atoms with Crippen molar-refractivity contribution in [1.29, 1.82) is 0 Å². The number of ether oxygens (including phenoxy) is 1. The van der Waals surface area contributed by atoms with Gasteiger partial charge in [0.05, 0.1) is 5.56 Å². The minimum absolute atomic E-state index is 0.325. The van der Waals surface area contributed by atoms with Crippen LogP contribution in [0, 0.1) is 0 Å². The largest absolute Gasteiger partial charge is 0.448 e. The van der Waals surface area contributed by atoms with Crippen molar-refractivity contribution in [3.05, 3.63) is 76.3 Å². The van der Waals surface area contributed by atoms with Gasteiger partial charge in [0, 0.05) is 16.6 Å². The number of esters is 1. The van der Waals surface area contributed by atoms with Gasteiger partial charge in [0.1, 0.15) is 0 Å². The van der Waals surface area contributed by atoms with E-state index < -0.39 is 12.1 Å². The Morgan fingerprint density at radius 2 is 1.84 bits per heavy atom. The molecule has 3 aromatic rings. The maximum absolute atomic E-state index is 12.5. The number of halogens is 1. The van der Waals surface area contributed by atoms with Crippen LogP contribution >= 0.6 is 15.9 Å². The van der Waals surface area contributed by atoms with Crippen molar-refractivity contribution in [3.63, 3.8) is 0 Å². The summed E-state index contributed by atoms with van der Waals surface area (Å²) in [4.78, 5) is 24.7. The number of nitrogens with one attached hydrogen (secondary N) is 1. The first-order valence-corrected chi connectivity index (χ1v) is 8.68. The summed E-state index contributed by atoms with van der Waals surface area (Å²) < 4.78 is 6.18. The van der Waals surface area contributed by atoms with Crippen molar-refractivity contribution >= 4 is 44.3 Å². The zero-order chi connectivity index (χ0) is 17.4. The summed E-state index contributed by atoms with van der Waals surface area (Å²) in [5.74, 6) is -0.790. The Kier molecular flexibility index (Phi) is 4.01. The van der Waals surface area contributed by atoms with E-state index in [4.69, 9.17) is 4.74 Å². The van der Waals surface area contributed by atoms with Crippen LogP contribution in [0.1, 0.15) is 15.9 Å². The Morgan fingerprint density at radius 3 is 2.68 bits per heavy atom. The third-order valence-electron chi connectivity index (χ3n) is 4.25. The zero-order valence-corrected chi connectivity index (χ0v) is 14.7. The average molecular weight is 396 g/mol. The van der Waals surface area contributed by atoms with Gasteiger partial charge in [-0.1, -0.05) is 46.3 Å². The first-order chi connectivity index (χ1) is 12.1. The van der Waals surface area contributed by atoms with E-state index in [1.807, 2.05) is 48.5 Å². The number of rotatable bonds is 2. The van der Waals surface area contributed by atoms with Crippen molar-refractivity contribution in [2.24, 2.45) is 0 Å². The maximum Gasteiger partial charge on any atom is 0.339 e. The highest BCUT2D eigenvalue weighted by Gasteiger charge is 2.31. The van der Waals surface area contributed by atoms with Gasteiger partial charge in [0.2, 0.25) is 0 Å². The number of carbonyl (C=O) groups excluding carboxylic acids is 2. The first kappa shape index (κ1) is 15.8. The second-order valence-corrected chi connectivity index (χ2v) is 6.87. The van der Waals surface area contributed by atoms with Gasteiger partial charge in [-0.05, 0) is 46.7 Å². The molecule has 0 radical (unpaired) electrons. The van der Waals surface area contributed by atoms with Gasteiger partial charge in [-0.2, -0.15) is 0 Å². The molecule has 1 amide bonds. The highest BCUT2D eigenvalue weighted by atomic mass is 79.9. The standard InChI is InChI=1S/C20H14BrNO3/c21-15-6-8-17-14(9-15)11-18(25-20(17)24)19(23)22-16-7-5-12-3-1-2-4-13(12)10-16/h1-10,18H,11H2,(H,22,23).